The zero-order valence-corrected chi connectivity index (χ0v) is 18.0. The van der Waals surface area contributed by atoms with E-state index in [2.05, 4.69) is 21.0 Å². The Kier molecular flexibility index (Phi) is 6.64. The standard InChI is InChI=1S/C23H23BrN2O3/c1-3-4-21-20(22(27)26(25-21)19-11-5-15(2)6-12-19)14-17(23(28)29)13-16-7-9-18(24)10-8-16/h5-13,20H,3-4,14H2,1-2H3,(H,28,29). The molecule has 0 spiro atoms. The van der Waals surface area contributed by atoms with E-state index < -0.39 is 11.9 Å². The number of carbonyl (C=O) groups excluding carboxylic acids is 1. The third-order valence-electron chi connectivity index (χ3n) is 4.83. The van der Waals surface area contributed by atoms with Gasteiger partial charge in [-0.3, -0.25) is 4.79 Å². The lowest BCUT2D eigenvalue weighted by atomic mass is 9.91. The number of carboxylic acid groups (broad SMARTS) is 1. The van der Waals surface area contributed by atoms with E-state index >= 15 is 0 Å². The van der Waals surface area contributed by atoms with Gasteiger partial charge in [-0.2, -0.15) is 5.10 Å². The Morgan fingerprint density at radius 1 is 1.17 bits per heavy atom. The first-order chi connectivity index (χ1) is 13.9. The number of aliphatic carboxylic acids is 1. The zero-order chi connectivity index (χ0) is 21.0. The molecule has 0 bridgehead atoms. The van der Waals surface area contributed by atoms with Gasteiger partial charge in [0.2, 0.25) is 0 Å². The van der Waals surface area contributed by atoms with Crippen molar-refractivity contribution in [1.82, 2.24) is 0 Å². The van der Waals surface area contributed by atoms with Crippen molar-refractivity contribution in [3.8, 4) is 0 Å². The molecule has 0 aromatic heterocycles. The van der Waals surface area contributed by atoms with Crippen LogP contribution in [0.15, 0.2) is 63.7 Å². The van der Waals surface area contributed by atoms with Gasteiger partial charge in [-0.05, 0) is 55.7 Å². The average Bonchev–Trinajstić information content (AvgIpc) is 2.99. The molecular formula is C23H23BrN2O3. The molecule has 3 rings (SSSR count). The quantitative estimate of drug-likeness (QED) is 0.566. The first-order valence-electron chi connectivity index (χ1n) is 9.56. The molecule has 1 atom stereocenters. The van der Waals surface area contributed by atoms with Gasteiger partial charge in [0.15, 0.2) is 0 Å². The van der Waals surface area contributed by atoms with Crippen LogP contribution in [0.2, 0.25) is 0 Å². The van der Waals surface area contributed by atoms with Crippen molar-refractivity contribution in [3.05, 3.63) is 69.7 Å². The SMILES string of the molecule is CCCC1=NN(c2ccc(C)cc2)C(=O)C1CC(=Cc1ccc(Br)cc1)C(=O)O. The Bertz CT molecular complexity index is 963. The molecule has 0 saturated carbocycles. The predicted octanol–water partition coefficient (Wildman–Crippen LogP) is 5.43. The fourth-order valence-corrected chi connectivity index (χ4v) is 3.55. The number of hydrogen-bond donors (Lipinski definition) is 1. The summed E-state index contributed by atoms with van der Waals surface area (Å²) in [6.45, 7) is 4.00. The normalized spacial score (nSPS) is 16.9. The lowest BCUT2D eigenvalue weighted by Gasteiger charge is -2.15. The number of rotatable bonds is 7. The van der Waals surface area contributed by atoms with Crippen LogP contribution in [0.3, 0.4) is 0 Å². The van der Waals surface area contributed by atoms with E-state index in [1.165, 1.54) is 5.01 Å². The van der Waals surface area contributed by atoms with Crippen LogP contribution in [-0.4, -0.2) is 22.7 Å². The highest BCUT2D eigenvalue weighted by molar-refractivity contribution is 9.10. The summed E-state index contributed by atoms with van der Waals surface area (Å²) < 4.78 is 0.920. The molecule has 2 aromatic rings. The Hall–Kier alpha value is -2.73. The summed E-state index contributed by atoms with van der Waals surface area (Å²) >= 11 is 3.37. The minimum atomic E-state index is -1.02. The second-order valence-corrected chi connectivity index (χ2v) is 8.03. The average molecular weight is 455 g/mol. The topological polar surface area (TPSA) is 70.0 Å². The summed E-state index contributed by atoms with van der Waals surface area (Å²) in [4.78, 5) is 25.0. The molecule has 6 heteroatoms. The Balaban J connectivity index is 1.89. The van der Waals surface area contributed by atoms with E-state index in [1.807, 2.05) is 62.4 Å². The van der Waals surface area contributed by atoms with Crippen molar-refractivity contribution >= 4 is 45.3 Å². The minimum absolute atomic E-state index is 0.116. The monoisotopic (exact) mass is 454 g/mol. The maximum absolute atomic E-state index is 13.1. The molecular weight excluding hydrogens is 432 g/mol. The number of benzene rings is 2. The minimum Gasteiger partial charge on any atom is -0.478 e. The lowest BCUT2D eigenvalue weighted by molar-refractivity contribution is -0.132. The molecule has 0 saturated heterocycles. The molecule has 1 heterocycles. The summed E-state index contributed by atoms with van der Waals surface area (Å²) in [7, 11) is 0. The van der Waals surface area contributed by atoms with Crippen molar-refractivity contribution in [2.24, 2.45) is 11.0 Å². The highest BCUT2D eigenvalue weighted by atomic mass is 79.9. The second-order valence-electron chi connectivity index (χ2n) is 7.11. The maximum atomic E-state index is 13.1. The molecule has 1 unspecified atom stereocenters. The van der Waals surface area contributed by atoms with E-state index in [0.29, 0.717) is 12.1 Å². The van der Waals surface area contributed by atoms with E-state index in [-0.39, 0.29) is 17.9 Å². The van der Waals surface area contributed by atoms with E-state index in [4.69, 9.17) is 0 Å². The Morgan fingerprint density at radius 3 is 2.41 bits per heavy atom. The number of aryl methyl sites for hydroxylation is 1. The second kappa shape index (κ2) is 9.18. The molecule has 2 aromatic carbocycles. The number of hydrogen-bond acceptors (Lipinski definition) is 3. The van der Waals surface area contributed by atoms with Gasteiger partial charge in [0.05, 0.1) is 17.3 Å². The fraction of sp³-hybridized carbons (Fsp3) is 0.261. The smallest absolute Gasteiger partial charge is 0.331 e. The van der Waals surface area contributed by atoms with Gasteiger partial charge in [-0.25, -0.2) is 9.80 Å². The van der Waals surface area contributed by atoms with Crippen molar-refractivity contribution in [2.45, 2.75) is 33.1 Å². The largest absolute Gasteiger partial charge is 0.478 e. The summed E-state index contributed by atoms with van der Waals surface area (Å²) in [5.74, 6) is -1.76. The molecule has 5 nitrogen and oxygen atoms in total. The molecule has 1 N–H and O–H groups in total. The summed E-state index contributed by atoms with van der Waals surface area (Å²) in [5.41, 5.74) is 3.51. The van der Waals surface area contributed by atoms with Crippen LogP contribution in [-0.2, 0) is 9.59 Å². The molecule has 0 radical (unpaired) electrons. The van der Waals surface area contributed by atoms with Gasteiger partial charge in [0, 0.05) is 10.0 Å². The van der Waals surface area contributed by atoms with Gasteiger partial charge < -0.3 is 5.11 Å². The molecule has 1 amide bonds. The highest BCUT2D eigenvalue weighted by Crippen LogP contribution is 2.30. The van der Waals surface area contributed by atoms with E-state index in [1.54, 1.807) is 6.08 Å². The van der Waals surface area contributed by atoms with Gasteiger partial charge in [0.25, 0.3) is 5.91 Å². The van der Waals surface area contributed by atoms with Crippen LogP contribution in [0, 0.1) is 12.8 Å². The summed E-state index contributed by atoms with van der Waals surface area (Å²) in [5, 5.41) is 15.7. The zero-order valence-electron chi connectivity index (χ0n) is 16.4. The third kappa shape index (κ3) is 5.01. The number of carboxylic acids is 1. The predicted molar refractivity (Wildman–Crippen MR) is 119 cm³/mol. The molecule has 29 heavy (non-hydrogen) atoms. The summed E-state index contributed by atoms with van der Waals surface area (Å²) in [6.07, 6.45) is 3.23. The van der Waals surface area contributed by atoms with Crippen LogP contribution in [0.25, 0.3) is 6.08 Å². The van der Waals surface area contributed by atoms with Crippen molar-refractivity contribution in [3.63, 3.8) is 0 Å². The van der Waals surface area contributed by atoms with Crippen molar-refractivity contribution in [1.29, 1.82) is 0 Å². The fourth-order valence-electron chi connectivity index (χ4n) is 3.28. The van der Waals surface area contributed by atoms with Gasteiger partial charge in [-0.15, -0.1) is 0 Å². The molecule has 150 valence electrons. The van der Waals surface area contributed by atoms with Gasteiger partial charge in [-0.1, -0.05) is 59.1 Å². The maximum Gasteiger partial charge on any atom is 0.331 e. The van der Waals surface area contributed by atoms with E-state index in [9.17, 15) is 14.7 Å². The molecule has 0 aliphatic carbocycles. The number of anilines is 1. The first kappa shape index (κ1) is 21.0. The van der Waals surface area contributed by atoms with Crippen LogP contribution in [0.4, 0.5) is 5.69 Å². The Morgan fingerprint density at radius 2 is 1.83 bits per heavy atom. The molecule has 1 aliphatic rings. The van der Waals surface area contributed by atoms with Crippen LogP contribution in [0.1, 0.15) is 37.3 Å². The number of amides is 1. The number of carbonyl (C=O) groups is 2. The summed E-state index contributed by atoms with van der Waals surface area (Å²) in [6, 6.07) is 15.0. The lowest BCUT2D eigenvalue weighted by Crippen LogP contribution is -2.28. The van der Waals surface area contributed by atoms with Crippen LogP contribution < -0.4 is 5.01 Å². The van der Waals surface area contributed by atoms with Crippen LogP contribution >= 0.6 is 15.9 Å². The van der Waals surface area contributed by atoms with Crippen LogP contribution in [0.5, 0.6) is 0 Å². The van der Waals surface area contributed by atoms with Gasteiger partial charge >= 0.3 is 5.97 Å². The van der Waals surface area contributed by atoms with Crippen molar-refractivity contribution in [2.75, 3.05) is 5.01 Å². The number of hydrazone groups is 1. The molecule has 0 fully saturated rings. The first-order valence-corrected chi connectivity index (χ1v) is 10.4. The third-order valence-corrected chi connectivity index (χ3v) is 5.36. The highest BCUT2D eigenvalue weighted by Gasteiger charge is 2.37. The van der Waals surface area contributed by atoms with Crippen molar-refractivity contribution < 1.29 is 14.7 Å². The molecule has 1 aliphatic heterocycles. The van der Waals surface area contributed by atoms with Gasteiger partial charge in [0.1, 0.15) is 0 Å². The van der Waals surface area contributed by atoms with E-state index in [0.717, 1.165) is 27.7 Å². The number of nitrogens with zero attached hydrogens (tertiary/aromatic N) is 2. The number of halogens is 1. The Labute approximate surface area is 178 Å².